The van der Waals surface area contributed by atoms with E-state index in [2.05, 4.69) is 4.74 Å². The summed E-state index contributed by atoms with van der Waals surface area (Å²) < 4.78 is 86.1. The number of alkyl halides is 6. The lowest BCUT2D eigenvalue weighted by atomic mass is 10.1. The molecule has 0 spiro atoms. The third kappa shape index (κ3) is 7.70. The molecule has 2 aromatic carbocycles. The summed E-state index contributed by atoms with van der Waals surface area (Å²) in [6.45, 7) is 1.64. The van der Waals surface area contributed by atoms with Crippen LogP contribution in [0.4, 0.5) is 26.3 Å². The van der Waals surface area contributed by atoms with Crippen molar-refractivity contribution in [3.63, 3.8) is 0 Å². The average molecular weight is 490 g/mol. The van der Waals surface area contributed by atoms with E-state index < -0.39 is 45.2 Å². The van der Waals surface area contributed by atoms with Gasteiger partial charge in [0.15, 0.2) is 0 Å². The number of hydrogen-bond acceptors (Lipinski definition) is 4. The topological polar surface area (TPSA) is 63.6 Å². The smallest absolute Gasteiger partial charge is 0.417 e. The summed E-state index contributed by atoms with van der Waals surface area (Å²) in [5.41, 5.74) is -2.46. The molecule has 176 valence electrons. The molecular formula is C22H16F6O4S. The zero-order valence-corrected chi connectivity index (χ0v) is 17.6. The van der Waals surface area contributed by atoms with Crippen molar-refractivity contribution in [2.24, 2.45) is 0 Å². The maximum Gasteiger partial charge on any atom is 0.417 e. The van der Waals surface area contributed by atoms with E-state index in [1.165, 1.54) is 12.1 Å². The van der Waals surface area contributed by atoms with Crippen LogP contribution < -0.4 is 0 Å². The highest BCUT2D eigenvalue weighted by Gasteiger charge is 2.37. The molecule has 0 amide bonds. The molecule has 0 heterocycles. The summed E-state index contributed by atoms with van der Waals surface area (Å²) in [5, 5.41) is 8.63. The fourth-order valence-electron chi connectivity index (χ4n) is 2.56. The number of halogens is 6. The Morgan fingerprint density at radius 1 is 0.879 bits per heavy atom. The Morgan fingerprint density at radius 3 is 1.73 bits per heavy atom. The molecule has 0 aromatic heterocycles. The molecule has 0 unspecified atom stereocenters. The van der Waals surface area contributed by atoms with Crippen molar-refractivity contribution >= 4 is 35.9 Å². The number of carbonyl (C=O) groups excluding carboxylic acids is 1. The van der Waals surface area contributed by atoms with E-state index >= 15 is 0 Å². The zero-order valence-electron chi connectivity index (χ0n) is 16.8. The number of ether oxygens (including phenoxy) is 1. The van der Waals surface area contributed by atoms with E-state index in [0.29, 0.717) is 12.1 Å². The van der Waals surface area contributed by atoms with Crippen LogP contribution in [0.3, 0.4) is 0 Å². The minimum absolute atomic E-state index is 0.00456. The van der Waals surface area contributed by atoms with E-state index in [0.717, 1.165) is 36.4 Å². The number of hydrogen-bond donors (Lipinski definition) is 1. The molecule has 0 saturated heterocycles. The Bertz CT molecular complexity index is 1090. The molecule has 0 aliphatic rings. The van der Waals surface area contributed by atoms with Crippen LogP contribution in [0.5, 0.6) is 0 Å². The summed E-state index contributed by atoms with van der Waals surface area (Å²) in [4.78, 5) is 21.0. The third-order valence-electron chi connectivity index (χ3n) is 3.95. The fraction of sp³-hybridized carbons (Fsp3) is 0.182. The van der Waals surface area contributed by atoms with Crippen LogP contribution in [0.15, 0.2) is 58.3 Å². The summed E-state index contributed by atoms with van der Waals surface area (Å²) in [6.07, 6.45) is -6.14. The van der Waals surface area contributed by atoms with Crippen molar-refractivity contribution in [1.29, 1.82) is 0 Å². The summed E-state index contributed by atoms with van der Waals surface area (Å²) in [7, 11) is 0. The van der Waals surface area contributed by atoms with Crippen LogP contribution in [0.2, 0.25) is 0 Å². The van der Waals surface area contributed by atoms with Gasteiger partial charge in [0.25, 0.3) is 0 Å². The van der Waals surface area contributed by atoms with Gasteiger partial charge in [0.1, 0.15) is 0 Å². The van der Waals surface area contributed by atoms with Gasteiger partial charge < -0.3 is 9.84 Å². The lowest BCUT2D eigenvalue weighted by Crippen LogP contribution is -2.09. The Labute approximate surface area is 188 Å². The number of rotatable bonds is 7. The Morgan fingerprint density at radius 2 is 1.33 bits per heavy atom. The van der Waals surface area contributed by atoms with Gasteiger partial charge in [-0.05, 0) is 54.5 Å². The lowest BCUT2D eigenvalue weighted by Gasteiger charge is -2.17. The highest BCUT2D eigenvalue weighted by atomic mass is 32.2. The van der Waals surface area contributed by atoms with E-state index in [1.54, 1.807) is 6.92 Å². The van der Waals surface area contributed by atoms with E-state index in [-0.39, 0.29) is 29.5 Å². The number of esters is 1. The summed E-state index contributed by atoms with van der Waals surface area (Å²) in [6, 6.07) is 5.76. The van der Waals surface area contributed by atoms with Gasteiger partial charge in [0.2, 0.25) is 0 Å². The van der Waals surface area contributed by atoms with Crippen LogP contribution >= 0.6 is 11.8 Å². The maximum absolute atomic E-state index is 13.6. The first kappa shape index (κ1) is 26.0. The SMILES string of the molecule is CCOC(=O)C=Cc1ccc(Sc2ccc(C=CC(=O)O)cc2C(F)(F)F)c(C(F)(F)F)c1. The number of benzene rings is 2. The van der Waals surface area contributed by atoms with E-state index in [1.807, 2.05) is 0 Å². The lowest BCUT2D eigenvalue weighted by molar-refractivity contribution is -0.140. The number of carboxylic acids is 1. The molecular weight excluding hydrogens is 474 g/mol. The predicted octanol–water partition coefficient (Wildman–Crippen LogP) is 6.55. The molecule has 0 atom stereocenters. The van der Waals surface area contributed by atoms with Crippen LogP contribution in [0, 0.1) is 0 Å². The van der Waals surface area contributed by atoms with Gasteiger partial charge in [-0.25, -0.2) is 9.59 Å². The second-order valence-electron chi connectivity index (χ2n) is 6.37. The van der Waals surface area contributed by atoms with Gasteiger partial charge in [0.05, 0.1) is 17.7 Å². The van der Waals surface area contributed by atoms with Crippen LogP contribution in [0.1, 0.15) is 29.2 Å². The van der Waals surface area contributed by atoms with Gasteiger partial charge in [-0.2, -0.15) is 26.3 Å². The number of carboxylic acid groups (broad SMARTS) is 1. The van der Waals surface area contributed by atoms with Gasteiger partial charge >= 0.3 is 24.3 Å². The predicted molar refractivity (Wildman–Crippen MR) is 109 cm³/mol. The van der Waals surface area contributed by atoms with Gasteiger partial charge in [0, 0.05) is 21.9 Å². The largest absolute Gasteiger partial charge is 0.478 e. The summed E-state index contributed by atoms with van der Waals surface area (Å²) in [5.74, 6) is -2.12. The molecule has 1 N–H and O–H groups in total. The Balaban J connectivity index is 2.48. The van der Waals surface area contributed by atoms with E-state index in [9.17, 15) is 35.9 Å². The molecule has 0 fully saturated rings. The molecule has 0 aliphatic heterocycles. The van der Waals surface area contributed by atoms with Crippen molar-refractivity contribution in [1.82, 2.24) is 0 Å². The van der Waals surface area contributed by atoms with Crippen LogP contribution in [-0.2, 0) is 26.7 Å². The minimum atomic E-state index is -4.89. The Kier molecular flexibility index (Phi) is 8.37. The minimum Gasteiger partial charge on any atom is -0.478 e. The van der Waals surface area contributed by atoms with Crippen LogP contribution in [0.25, 0.3) is 12.2 Å². The second kappa shape index (κ2) is 10.6. The molecule has 2 rings (SSSR count). The highest BCUT2D eigenvalue weighted by molar-refractivity contribution is 7.99. The monoisotopic (exact) mass is 490 g/mol. The third-order valence-corrected chi connectivity index (χ3v) is 5.11. The first-order chi connectivity index (χ1) is 15.3. The normalized spacial score (nSPS) is 12.5. The second-order valence-corrected chi connectivity index (χ2v) is 7.45. The molecule has 2 aromatic rings. The first-order valence-electron chi connectivity index (χ1n) is 9.17. The quantitative estimate of drug-likeness (QED) is 0.271. The maximum atomic E-state index is 13.6. The van der Waals surface area contributed by atoms with Gasteiger partial charge in [-0.1, -0.05) is 23.9 Å². The Hall–Kier alpha value is -3.21. The first-order valence-corrected chi connectivity index (χ1v) is 9.99. The molecule has 11 heteroatoms. The zero-order chi connectivity index (χ0) is 24.8. The molecule has 0 bridgehead atoms. The standard InChI is InChI=1S/C22H16F6O4S/c1-2-32-20(31)10-6-14-4-8-18(16(12-14)22(26,27)28)33-17-7-3-13(5-9-19(29)30)11-15(17)21(23,24)25/h3-12H,2H2,1H3,(H,29,30). The fourth-order valence-corrected chi connectivity index (χ4v) is 3.64. The van der Waals surface area contributed by atoms with Crippen molar-refractivity contribution in [2.45, 2.75) is 29.1 Å². The highest BCUT2D eigenvalue weighted by Crippen LogP contribution is 2.44. The molecule has 0 aliphatic carbocycles. The van der Waals surface area contributed by atoms with Crippen molar-refractivity contribution < 1.29 is 45.8 Å². The molecule has 33 heavy (non-hydrogen) atoms. The number of aliphatic carboxylic acids is 1. The van der Waals surface area contributed by atoms with Crippen molar-refractivity contribution in [2.75, 3.05) is 6.61 Å². The van der Waals surface area contributed by atoms with Gasteiger partial charge in [-0.3, -0.25) is 0 Å². The van der Waals surface area contributed by atoms with Crippen molar-refractivity contribution in [3.05, 3.63) is 70.8 Å². The molecule has 0 saturated carbocycles. The number of carbonyl (C=O) groups is 2. The summed E-state index contributed by atoms with van der Waals surface area (Å²) >= 11 is 0.273. The molecule has 4 nitrogen and oxygen atoms in total. The molecule has 0 radical (unpaired) electrons. The van der Waals surface area contributed by atoms with Gasteiger partial charge in [-0.15, -0.1) is 0 Å². The van der Waals surface area contributed by atoms with Crippen LogP contribution in [-0.4, -0.2) is 23.7 Å². The van der Waals surface area contributed by atoms with Crippen molar-refractivity contribution in [3.8, 4) is 0 Å². The average Bonchev–Trinajstić information content (AvgIpc) is 2.70. The van der Waals surface area contributed by atoms with E-state index in [4.69, 9.17) is 5.11 Å².